The maximum atomic E-state index is 4.07. The number of aliphatic imine (C=N–C) groups is 1. The van der Waals surface area contributed by atoms with E-state index in [2.05, 4.69) is 24.1 Å². The van der Waals surface area contributed by atoms with Gasteiger partial charge in [-0.1, -0.05) is 19.1 Å². The van der Waals surface area contributed by atoms with Crippen molar-refractivity contribution in [2.24, 2.45) is 4.99 Å². The molecule has 1 heteroatoms. The van der Waals surface area contributed by atoms with Crippen molar-refractivity contribution in [2.75, 3.05) is 6.54 Å². The molecule has 1 nitrogen and oxygen atoms in total. The van der Waals surface area contributed by atoms with Crippen LogP contribution in [0.15, 0.2) is 17.1 Å². The molecule has 0 radical (unpaired) electrons. The molecule has 0 aromatic heterocycles. The molecule has 0 bridgehead atoms. The first-order valence-electron chi connectivity index (χ1n) is 3.55. The molecule has 0 heterocycles. The third kappa shape index (κ3) is 7.41. The van der Waals surface area contributed by atoms with Crippen LogP contribution >= 0.6 is 0 Å². The molecule has 0 amide bonds. The minimum Gasteiger partial charge on any atom is -0.297 e. The minimum absolute atomic E-state index is 0.903. The Bertz CT molecular complexity index is 80.7. The molecule has 0 saturated carbocycles. The van der Waals surface area contributed by atoms with Crippen molar-refractivity contribution in [2.45, 2.75) is 26.7 Å². The number of nitrogens with zero attached hydrogens (tertiary/aromatic N) is 1. The monoisotopic (exact) mass is 125 g/mol. The Morgan fingerprint density at radius 1 is 1.22 bits per heavy atom. The predicted octanol–water partition coefficient (Wildman–Crippen LogP) is 2.43. The maximum Gasteiger partial charge on any atom is 0.0357 e. The highest BCUT2D eigenvalue weighted by Gasteiger charge is 1.68. The van der Waals surface area contributed by atoms with Gasteiger partial charge in [0, 0.05) is 19.2 Å². The molecule has 0 spiro atoms. The van der Waals surface area contributed by atoms with Gasteiger partial charge in [-0.05, 0) is 13.3 Å². The molecule has 0 N–H and O–H groups in total. The quantitative estimate of drug-likeness (QED) is 0.404. The van der Waals surface area contributed by atoms with Crippen LogP contribution in [0.4, 0.5) is 0 Å². The maximum absolute atomic E-state index is 4.07. The Kier molecular flexibility index (Phi) is 6.92. The fourth-order valence-electron chi connectivity index (χ4n) is 0.527. The van der Waals surface area contributed by atoms with Crippen LogP contribution < -0.4 is 0 Å². The lowest BCUT2D eigenvalue weighted by Crippen LogP contribution is -1.71. The minimum atomic E-state index is 0.903. The average molecular weight is 125 g/mol. The van der Waals surface area contributed by atoms with E-state index in [4.69, 9.17) is 0 Å². The lowest BCUT2D eigenvalue weighted by atomic mass is 10.3. The van der Waals surface area contributed by atoms with E-state index in [-0.39, 0.29) is 0 Å². The van der Waals surface area contributed by atoms with Crippen molar-refractivity contribution >= 4 is 6.21 Å². The second-order valence-corrected chi connectivity index (χ2v) is 1.80. The Hall–Kier alpha value is -0.590. The lowest BCUT2D eigenvalue weighted by Gasteiger charge is -1.80. The second-order valence-electron chi connectivity index (χ2n) is 1.80. The Labute approximate surface area is 57.5 Å². The fourth-order valence-corrected chi connectivity index (χ4v) is 0.527. The molecule has 0 aliphatic heterocycles. The molecular formula is C8H15N. The van der Waals surface area contributed by atoms with Crippen LogP contribution in [-0.4, -0.2) is 12.8 Å². The Morgan fingerprint density at radius 3 is 2.56 bits per heavy atom. The molecule has 0 unspecified atom stereocenters. The second kappa shape index (κ2) is 7.41. The van der Waals surface area contributed by atoms with Gasteiger partial charge in [-0.2, -0.15) is 0 Å². The molecule has 0 rings (SSSR count). The summed E-state index contributed by atoms with van der Waals surface area (Å²) in [6.45, 7) is 5.08. The van der Waals surface area contributed by atoms with Crippen LogP contribution in [0.1, 0.15) is 26.7 Å². The van der Waals surface area contributed by atoms with E-state index < -0.39 is 0 Å². The molecule has 0 saturated heterocycles. The average Bonchev–Trinajstić information content (AvgIpc) is 1.89. The molecular weight excluding hydrogens is 110 g/mol. The molecule has 9 heavy (non-hydrogen) atoms. The topological polar surface area (TPSA) is 12.4 Å². The third-order valence-corrected chi connectivity index (χ3v) is 0.956. The van der Waals surface area contributed by atoms with E-state index in [9.17, 15) is 0 Å². The van der Waals surface area contributed by atoms with Gasteiger partial charge >= 0.3 is 0 Å². The van der Waals surface area contributed by atoms with Crippen molar-refractivity contribution < 1.29 is 0 Å². The third-order valence-electron chi connectivity index (χ3n) is 0.956. The van der Waals surface area contributed by atoms with Crippen LogP contribution in [0.25, 0.3) is 0 Å². The van der Waals surface area contributed by atoms with Crippen molar-refractivity contribution in [3.63, 3.8) is 0 Å². The summed E-state index contributed by atoms with van der Waals surface area (Å²) in [5, 5.41) is 0. The lowest BCUT2D eigenvalue weighted by molar-refractivity contribution is 1.13. The van der Waals surface area contributed by atoms with Gasteiger partial charge in [-0.3, -0.25) is 4.99 Å². The molecule has 0 fully saturated rings. The van der Waals surface area contributed by atoms with Crippen LogP contribution in [-0.2, 0) is 0 Å². The van der Waals surface area contributed by atoms with Gasteiger partial charge in [0.05, 0.1) is 0 Å². The summed E-state index contributed by atoms with van der Waals surface area (Å²) in [6, 6.07) is 0. The van der Waals surface area contributed by atoms with Crippen molar-refractivity contribution in [3.8, 4) is 0 Å². The van der Waals surface area contributed by atoms with E-state index in [1.165, 1.54) is 0 Å². The summed E-state index contributed by atoms with van der Waals surface area (Å²) < 4.78 is 0. The SMILES string of the molecule is CC/C=C/CC=NCC. The van der Waals surface area contributed by atoms with Crippen molar-refractivity contribution in [3.05, 3.63) is 12.2 Å². The van der Waals surface area contributed by atoms with E-state index in [1.807, 2.05) is 13.1 Å². The van der Waals surface area contributed by atoms with Crippen LogP contribution in [0, 0.1) is 0 Å². The summed E-state index contributed by atoms with van der Waals surface area (Å²) in [7, 11) is 0. The van der Waals surface area contributed by atoms with Crippen molar-refractivity contribution in [1.82, 2.24) is 0 Å². The highest BCUT2D eigenvalue weighted by Crippen LogP contribution is 1.82. The molecule has 0 aromatic carbocycles. The summed E-state index contributed by atoms with van der Waals surface area (Å²) in [4.78, 5) is 4.07. The smallest absolute Gasteiger partial charge is 0.0357 e. The largest absolute Gasteiger partial charge is 0.297 e. The summed E-state index contributed by atoms with van der Waals surface area (Å²) in [6.07, 6.45) is 8.36. The number of hydrogen-bond acceptors (Lipinski definition) is 1. The normalized spacial score (nSPS) is 11.8. The zero-order valence-corrected chi connectivity index (χ0v) is 6.30. The molecule has 0 atom stereocenters. The van der Waals surface area contributed by atoms with E-state index in [1.54, 1.807) is 0 Å². The Balaban J connectivity index is 3.08. The number of allylic oxidation sites excluding steroid dienone is 2. The van der Waals surface area contributed by atoms with E-state index in [0.29, 0.717) is 0 Å². The van der Waals surface area contributed by atoms with Gasteiger partial charge in [-0.15, -0.1) is 0 Å². The summed E-state index contributed by atoms with van der Waals surface area (Å²) in [5.41, 5.74) is 0. The fraction of sp³-hybridized carbons (Fsp3) is 0.625. The summed E-state index contributed by atoms with van der Waals surface area (Å²) >= 11 is 0. The van der Waals surface area contributed by atoms with Gasteiger partial charge in [0.2, 0.25) is 0 Å². The standard InChI is InChI=1S/C8H15N/c1-3-5-6-7-8-9-4-2/h5-6,8H,3-4,7H2,1-2H3/b6-5+,9-8?. The first kappa shape index (κ1) is 8.41. The molecule has 0 aliphatic carbocycles. The number of hydrogen-bond donors (Lipinski definition) is 0. The first-order valence-corrected chi connectivity index (χ1v) is 3.55. The molecule has 52 valence electrons. The Morgan fingerprint density at radius 2 is 2.00 bits per heavy atom. The van der Waals surface area contributed by atoms with Gasteiger partial charge in [0.25, 0.3) is 0 Å². The first-order chi connectivity index (χ1) is 4.41. The highest BCUT2D eigenvalue weighted by atomic mass is 14.7. The number of rotatable bonds is 4. The molecule has 0 aliphatic rings. The summed E-state index contributed by atoms with van der Waals surface area (Å²) in [5.74, 6) is 0. The van der Waals surface area contributed by atoms with Crippen molar-refractivity contribution in [1.29, 1.82) is 0 Å². The van der Waals surface area contributed by atoms with E-state index >= 15 is 0 Å². The predicted molar refractivity (Wildman–Crippen MR) is 43.1 cm³/mol. The molecule has 0 aromatic rings. The zero-order chi connectivity index (χ0) is 6.95. The van der Waals surface area contributed by atoms with E-state index in [0.717, 1.165) is 19.4 Å². The highest BCUT2D eigenvalue weighted by molar-refractivity contribution is 5.59. The van der Waals surface area contributed by atoms with Gasteiger partial charge in [0.15, 0.2) is 0 Å². The van der Waals surface area contributed by atoms with Gasteiger partial charge < -0.3 is 0 Å². The zero-order valence-electron chi connectivity index (χ0n) is 6.30. The van der Waals surface area contributed by atoms with Gasteiger partial charge in [-0.25, -0.2) is 0 Å². The van der Waals surface area contributed by atoms with Gasteiger partial charge in [0.1, 0.15) is 0 Å². The van der Waals surface area contributed by atoms with Crippen LogP contribution in [0.2, 0.25) is 0 Å². The van der Waals surface area contributed by atoms with Crippen LogP contribution in [0.5, 0.6) is 0 Å². The van der Waals surface area contributed by atoms with Crippen LogP contribution in [0.3, 0.4) is 0 Å².